The topological polar surface area (TPSA) is 122 Å². The van der Waals surface area contributed by atoms with Gasteiger partial charge in [0, 0.05) is 6.54 Å². The van der Waals surface area contributed by atoms with Gasteiger partial charge in [-0.25, -0.2) is 17.9 Å². The minimum Gasteiger partial charge on any atom is -0.506 e. The number of benzene rings is 1. The second-order valence-electron chi connectivity index (χ2n) is 3.94. The van der Waals surface area contributed by atoms with Gasteiger partial charge in [-0.2, -0.15) is 0 Å². The molecule has 2 amide bonds. The fourth-order valence-corrected chi connectivity index (χ4v) is 2.26. The van der Waals surface area contributed by atoms with E-state index < -0.39 is 16.1 Å². The third kappa shape index (κ3) is 4.32. The molecule has 1 rings (SSSR count). The van der Waals surface area contributed by atoms with Gasteiger partial charge in [0.25, 0.3) is 10.0 Å². The molecule has 106 valence electrons. The first-order valence-electron chi connectivity index (χ1n) is 5.76. The first kappa shape index (κ1) is 15.1. The van der Waals surface area contributed by atoms with Gasteiger partial charge in [-0.1, -0.05) is 13.3 Å². The first-order valence-corrected chi connectivity index (χ1v) is 7.24. The summed E-state index contributed by atoms with van der Waals surface area (Å²) in [6, 6.07) is 2.60. The number of phenolic OH excluding ortho intramolecular Hbond substituents is 1. The molecule has 0 atom stereocenters. The molecule has 7 nitrogen and oxygen atoms in total. The normalized spacial score (nSPS) is 11.0. The summed E-state index contributed by atoms with van der Waals surface area (Å²) in [5.74, 6) is -0.216. The third-order valence-electron chi connectivity index (χ3n) is 2.35. The maximum atomic E-state index is 11.8. The van der Waals surface area contributed by atoms with E-state index in [4.69, 9.17) is 5.73 Å². The largest absolute Gasteiger partial charge is 0.506 e. The van der Waals surface area contributed by atoms with Crippen molar-refractivity contribution in [3.05, 3.63) is 18.2 Å². The number of aromatic hydroxyl groups is 1. The number of anilines is 1. The molecule has 0 heterocycles. The fraction of sp³-hybridized carbons (Fsp3) is 0.364. The van der Waals surface area contributed by atoms with Gasteiger partial charge in [0.15, 0.2) is 0 Å². The maximum absolute atomic E-state index is 11.8. The van der Waals surface area contributed by atoms with E-state index in [1.165, 1.54) is 0 Å². The molecule has 0 radical (unpaired) electrons. The van der Waals surface area contributed by atoms with Crippen molar-refractivity contribution in [1.29, 1.82) is 0 Å². The molecule has 0 unspecified atom stereocenters. The van der Waals surface area contributed by atoms with Gasteiger partial charge in [0.05, 0.1) is 10.6 Å². The summed E-state index contributed by atoms with van der Waals surface area (Å²) < 4.78 is 25.5. The highest BCUT2D eigenvalue weighted by atomic mass is 32.2. The van der Waals surface area contributed by atoms with E-state index in [1.807, 2.05) is 11.6 Å². The number of sulfonamides is 1. The van der Waals surface area contributed by atoms with Crippen molar-refractivity contribution in [1.82, 2.24) is 10.0 Å². The Hall–Kier alpha value is -1.96. The molecule has 0 fully saturated rings. The second-order valence-corrected chi connectivity index (χ2v) is 5.62. The molecule has 0 saturated heterocycles. The van der Waals surface area contributed by atoms with E-state index >= 15 is 0 Å². The van der Waals surface area contributed by atoms with Gasteiger partial charge >= 0.3 is 6.03 Å². The lowest BCUT2D eigenvalue weighted by Gasteiger charge is -2.09. The van der Waals surface area contributed by atoms with Gasteiger partial charge < -0.3 is 16.2 Å². The summed E-state index contributed by atoms with van der Waals surface area (Å²) in [4.78, 5) is 11.2. The lowest BCUT2D eigenvalue weighted by atomic mass is 10.3. The predicted molar refractivity (Wildman–Crippen MR) is 71.1 cm³/mol. The van der Waals surface area contributed by atoms with Crippen LogP contribution in [0.3, 0.4) is 0 Å². The van der Waals surface area contributed by atoms with Crippen molar-refractivity contribution in [2.75, 3.05) is 12.3 Å². The zero-order valence-corrected chi connectivity index (χ0v) is 11.3. The van der Waals surface area contributed by atoms with Gasteiger partial charge in [-0.3, -0.25) is 0 Å². The molecule has 0 aliphatic rings. The van der Waals surface area contributed by atoms with E-state index in [0.717, 1.165) is 31.0 Å². The van der Waals surface area contributed by atoms with E-state index in [9.17, 15) is 18.3 Å². The fourth-order valence-electron chi connectivity index (χ4n) is 1.30. The summed E-state index contributed by atoms with van der Waals surface area (Å²) in [7, 11) is -3.99. The first-order chi connectivity index (χ1) is 8.86. The van der Waals surface area contributed by atoms with E-state index in [1.54, 1.807) is 0 Å². The Morgan fingerprint density at radius 1 is 1.42 bits per heavy atom. The van der Waals surface area contributed by atoms with Gasteiger partial charge in [-0.15, -0.1) is 0 Å². The molecule has 5 N–H and O–H groups in total. The maximum Gasteiger partial charge on any atom is 0.328 e. The predicted octanol–water partition coefficient (Wildman–Crippen LogP) is 0.762. The van der Waals surface area contributed by atoms with Crippen molar-refractivity contribution >= 4 is 21.7 Å². The number of unbranched alkanes of at least 4 members (excludes halogenated alkanes) is 1. The molecule has 1 aromatic rings. The van der Waals surface area contributed by atoms with Gasteiger partial charge in [0.1, 0.15) is 5.75 Å². The number of nitrogen functional groups attached to an aromatic ring is 1. The lowest BCUT2D eigenvalue weighted by molar-refractivity contribution is 0.245. The molecule has 0 spiro atoms. The number of amides is 2. The average Bonchev–Trinajstić information content (AvgIpc) is 2.32. The van der Waals surface area contributed by atoms with Crippen molar-refractivity contribution in [3.8, 4) is 5.75 Å². The number of carbonyl (C=O) groups excluding carboxylic acids is 1. The number of urea groups is 1. The van der Waals surface area contributed by atoms with Crippen LogP contribution in [0.25, 0.3) is 0 Å². The van der Waals surface area contributed by atoms with E-state index in [0.29, 0.717) is 6.54 Å². The Bertz CT molecular complexity index is 557. The Balaban J connectivity index is 2.75. The average molecular weight is 287 g/mol. The van der Waals surface area contributed by atoms with E-state index in [2.05, 4.69) is 5.32 Å². The molecule has 0 saturated carbocycles. The van der Waals surface area contributed by atoms with Crippen LogP contribution in [0.2, 0.25) is 0 Å². The standard InChI is InChI=1S/C11H17N3O4S/c1-2-3-6-13-11(16)14-19(17,18)8-4-5-10(15)9(12)7-8/h4-5,7,15H,2-3,6,12H2,1H3,(H2,13,14,16). The smallest absolute Gasteiger partial charge is 0.328 e. The summed E-state index contributed by atoms with van der Waals surface area (Å²) in [5.41, 5.74) is 5.33. The van der Waals surface area contributed by atoms with Gasteiger partial charge in [0.2, 0.25) is 0 Å². The number of phenols is 1. The number of nitrogens with one attached hydrogen (secondary N) is 2. The van der Waals surface area contributed by atoms with Crippen LogP contribution < -0.4 is 15.8 Å². The quantitative estimate of drug-likeness (QED) is 0.362. The van der Waals surface area contributed by atoms with Crippen LogP contribution in [-0.2, 0) is 10.0 Å². The zero-order chi connectivity index (χ0) is 14.5. The number of carbonyl (C=O) groups is 1. The molecule has 0 bridgehead atoms. The highest BCUT2D eigenvalue weighted by Crippen LogP contribution is 2.22. The monoisotopic (exact) mass is 287 g/mol. The molecule has 0 aromatic heterocycles. The minimum absolute atomic E-state index is 0.0748. The van der Waals surface area contributed by atoms with Crippen LogP contribution >= 0.6 is 0 Å². The summed E-state index contributed by atoms with van der Waals surface area (Å²) >= 11 is 0. The molecular formula is C11H17N3O4S. The molecule has 0 aliphatic carbocycles. The van der Waals surface area contributed by atoms with Crippen molar-refractivity contribution in [3.63, 3.8) is 0 Å². The Morgan fingerprint density at radius 3 is 2.68 bits per heavy atom. The molecule has 19 heavy (non-hydrogen) atoms. The van der Waals surface area contributed by atoms with E-state index in [-0.39, 0.29) is 16.3 Å². The van der Waals surface area contributed by atoms with Crippen LogP contribution in [0.5, 0.6) is 5.75 Å². The molecule has 8 heteroatoms. The van der Waals surface area contributed by atoms with Crippen molar-refractivity contribution in [2.24, 2.45) is 0 Å². The SMILES string of the molecule is CCCCNC(=O)NS(=O)(=O)c1ccc(O)c(N)c1. The van der Waals surface area contributed by atoms with Crippen LogP contribution in [0.15, 0.2) is 23.1 Å². The van der Waals surface area contributed by atoms with Crippen LogP contribution in [0.1, 0.15) is 19.8 Å². The third-order valence-corrected chi connectivity index (χ3v) is 3.68. The zero-order valence-electron chi connectivity index (χ0n) is 10.5. The molecule has 0 aliphatic heterocycles. The van der Waals surface area contributed by atoms with Crippen LogP contribution in [-0.4, -0.2) is 26.1 Å². The Labute approximate surface area is 111 Å². The second kappa shape index (κ2) is 6.28. The number of hydrogen-bond donors (Lipinski definition) is 4. The highest BCUT2D eigenvalue weighted by molar-refractivity contribution is 7.90. The summed E-state index contributed by atoms with van der Waals surface area (Å²) in [6.07, 6.45) is 1.65. The number of rotatable bonds is 5. The summed E-state index contributed by atoms with van der Waals surface area (Å²) in [5, 5.41) is 11.6. The molecular weight excluding hydrogens is 270 g/mol. The minimum atomic E-state index is -3.99. The van der Waals surface area contributed by atoms with Crippen LogP contribution in [0, 0.1) is 0 Å². The lowest BCUT2D eigenvalue weighted by Crippen LogP contribution is -2.39. The van der Waals surface area contributed by atoms with Crippen molar-refractivity contribution < 1.29 is 18.3 Å². The Kier molecular flexibility index (Phi) is 4.99. The molecule has 1 aromatic carbocycles. The van der Waals surface area contributed by atoms with Crippen molar-refractivity contribution in [2.45, 2.75) is 24.7 Å². The Morgan fingerprint density at radius 2 is 2.11 bits per heavy atom. The highest BCUT2D eigenvalue weighted by Gasteiger charge is 2.18. The van der Waals surface area contributed by atoms with Gasteiger partial charge in [-0.05, 0) is 24.6 Å². The number of hydrogen-bond acceptors (Lipinski definition) is 5. The van der Waals surface area contributed by atoms with Crippen LogP contribution in [0.4, 0.5) is 10.5 Å². The number of nitrogens with two attached hydrogens (primary N) is 1. The summed E-state index contributed by atoms with van der Waals surface area (Å²) in [6.45, 7) is 2.35.